The van der Waals surface area contributed by atoms with Gasteiger partial charge in [0.15, 0.2) is 0 Å². The van der Waals surface area contributed by atoms with Crippen LogP contribution in [-0.4, -0.2) is 26.6 Å². The van der Waals surface area contributed by atoms with Crippen LogP contribution in [0.4, 0.5) is 14.6 Å². The van der Waals surface area contributed by atoms with Crippen LogP contribution in [-0.2, 0) is 4.79 Å². The molecule has 5 nitrogen and oxygen atoms in total. The van der Waals surface area contributed by atoms with Crippen molar-refractivity contribution in [2.24, 2.45) is 0 Å². The minimum Gasteiger partial charge on any atom is -0.309 e. The number of hydrogen-bond donors (Lipinski definition) is 1. The first-order chi connectivity index (χ1) is 14.0. The Morgan fingerprint density at radius 2 is 1.59 bits per heavy atom. The number of halogens is 3. The van der Waals surface area contributed by atoms with E-state index in [0.29, 0.717) is 27.9 Å². The van der Waals surface area contributed by atoms with Crippen molar-refractivity contribution in [3.05, 3.63) is 71.6 Å². The number of alkyl halides is 1. The second kappa shape index (κ2) is 8.10. The van der Waals surface area contributed by atoms with Crippen LogP contribution in [0.15, 0.2) is 60.0 Å². The molecule has 0 atom stereocenters. The quantitative estimate of drug-likeness (QED) is 0.447. The summed E-state index contributed by atoms with van der Waals surface area (Å²) < 4.78 is 27.9. The number of amides is 1. The number of benzene rings is 2. The summed E-state index contributed by atoms with van der Waals surface area (Å²) in [5, 5.41) is 9.52. The predicted octanol–water partition coefficient (Wildman–Crippen LogP) is 5.12. The monoisotopic (exact) mass is 430 g/mol. The van der Waals surface area contributed by atoms with E-state index < -0.39 is 5.91 Å². The number of aromatic nitrogens is 3. The summed E-state index contributed by atoms with van der Waals surface area (Å²) in [5.41, 5.74) is 2.62. The van der Waals surface area contributed by atoms with Gasteiger partial charge in [0.1, 0.15) is 23.3 Å². The van der Waals surface area contributed by atoms with E-state index >= 15 is 0 Å². The molecule has 29 heavy (non-hydrogen) atoms. The molecule has 1 N–H and O–H groups in total. The number of nitrogens with zero attached hydrogens (tertiary/aromatic N) is 3. The Bertz CT molecular complexity index is 1160. The Labute approximate surface area is 173 Å². The van der Waals surface area contributed by atoms with Crippen molar-refractivity contribution >= 4 is 34.7 Å². The van der Waals surface area contributed by atoms with E-state index in [2.05, 4.69) is 15.4 Å². The first kappa shape index (κ1) is 19.2. The van der Waals surface area contributed by atoms with Crippen LogP contribution in [0.3, 0.4) is 0 Å². The van der Waals surface area contributed by atoms with Crippen LogP contribution in [0.1, 0.15) is 0 Å². The van der Waals surface area contributed by atoms with E-state index in [-0.39, 0.29) is 17.5 Å². The maximum absolute atomic E-state index is 13.2. The molecule has 146 valence electrons. The van der Waals surface area contributed by atoms with Gasteiger partial charge in [-0.15, -0.1) is 22.9 Å². The fraction of sp³-hybridized carbons (Fsp3) is 0.0500. The molecule has 0 fully saturated rings. The van der Waals surface area contributed by atoms with E-state index in [1.54, 1.807) is 30.3 Å². The van der Waals surface area contributed by atoms with Crippen LogP contribution in [0.2, 0.25) is 0 Å². The Hall–Kier alpha value is -3.10. The number of rotatable bonds is 5. The van der Waals surface area contributed by atoms with E-state index in [9.17, 15) is 13.6 Å². The molecule has 0 aliphatic heterocycles. The molecule has 4 rings (SSSR count). The molecule has 2 aromatic heterocycles. The molecule has 2 heterocycles. The summed E-state index contributed by atoms with van der Waals surface area (Å²) in [6.45, 7) is 0. The molecule has 9 heteroatoms. The highest BCUT2D eigenvalue weighted by atomic mass is 35.5. The summed E-state index contributed by atoms with van der Waals surface area (Å²) in [6.07, 6.45) is 0. The maximum atomic E-state index is 13.2. The fourth-order valence-corrected chi connectivity index (χ4v) is 3.53. The van der Waals surface area contributed by atoms with Crippen LogP contribution in [0, 0.1) is 11.6 Å². The van der Waals surface area contributed by atoms with Crippen molar-refractivity contribution in [3.63, 3.8) is 0 Å². The third kappa shape index (κ3) is 4.18. The van der Waals surface area contributed by atoms with Crippen molar-refractivity contribution in [2.75, 3.05) is 11.2 Å². The molecule has 0 aliphatic rings. The zero-order valence-corrected chi connectivity index (χ0v) is 16.3. The first-order valence-corrected chi connectivity index (χ1v) is 9.88. The standard InChI is InChI=1S/C20H13ClF2N4OS/c21-10-19(28)25-18-9-16(12-1-5-14(22)6-2-12)26-27(18)20-24-17(11-29-20)13-3-7-15(23)8-4-13/h1-9,11H,10H2,(H,25,28). The van der Waals surface area contributed by atoms with Crippen LogP contribution >= 0.6 is 22.9 Å². The molecule has 0 saturated heterocycles. The number of thiazole rings is 1. The van der Waals surface area contributed by atoms with Crippen LogP contribution in [0.25, 0.3) is 27.6 Å². The van der Waals surface area contributed by atoms with E-state index in [0.717, 1.165) is 5.56 Å². The van der Waals surface area contributed by atoms with Crippen molar-refractivity contribution in [3.8, 4) is 27.6 Å². The number of nitrogens with one attached hydrogen (secondary N) is 1. The zero-order chi connectivity index (χ0) is 20.4. The number of anilines is 1. The van der Waals surface area contributed by atoms with E-state index in [4.69, 9.17) is 11.6 Å². The van der Waals surface area contributed by atoms with Gasteiger partial charge < -0.3 is 5.32 Å². The smallest absolute Gasteiger partial charge is 0.240 e. The molecule has 0 radical (unpaired) electrons. The average molecular weight is 431 g/mol. The largest absolute Gasteiger partial charge is 0.309 e. The topological polar surface area (TPSA) is 59.8 Å². The number of carbonyl (C=O) groups excluding carboxylic acids is 1. The second-order valence-electron chi connectivity index (χ2n) is 6.04. The molecule has 0 spiro atoms. The van der Waals surface area contributed by atoms with Gasteiger partial charge in [-0.2, -0.15) is 9.78 Å². The van der Waals surface area contributed by atoms with Crippen molar-refractivity contribution in [1.29, 1.82) is 0 Å². The van der Waals surface area contributed by atoms with Crippen molar-refractivity contribution < 1.29 is 13.6 Å². The molecule has 4 aromatic rings. The summed E-state index contributed by atoms with van der Waals surface area (Å²) in [5.74, 6) is -0.904. The van der Waals surface area contributed by atoms with Crippen molar-refractivity contribution in [1.82, 2.24) is 14.8 Å². The lowest BCUT2D eigenvalue weighted by Gasteiger charge is -2.04. The minimum absolute atomic E-state index is 0.213. The van der Waals surface area contributed by atoms with Crippen LogP contribution < -0.4 is 5.32 Å². The Morgan fingerprint density at radius 3 is 2.17 bits per heavy atom. The molecule has 2 aromatic carbocycles. The lowest BCUT2D eigenvalue weighted by atomic mass is 10.1. The molecule has 0 bridgehead atoms. The highest BCUT2D eigenvalue weighted by Crippen LogP contribution is 2.29. The Kier molecular flexibility index (Phi) is 5.37. The molecule has 1 amide bonds. The third-order valence-corrected chi connectivity index (χ3v) is 5.11. The zero-order valence-electron chi connectivity index (χ0n) is 14.8. The van der Waals surface area contributed by atoms with Crippen molar-refractivity contribution in [2.45, 2.75) is 0 Å². The summed E-state index contributed by atoms with van der Waals surface area (Å²) in [7, 11) is 0. The lowest BCUT2D eigenvalue weighted by Crippen LogP contribution is -2.15. The summed E-state index contributed by atoms with van der Waals surface area (Å²) in [4.78, 5) is 16.4. The van der Waals surface area contributed by atoms with Gasteiger partial charge in [-0.05, 0) is 48.5 Å². The maximum Gasteiger partial charge on any atom is 0.240 e. The van der Waals surface area contributed by atoms with Gasteiger partial charge in [0.25, 0.3) is 0 Å². The van der Waals surface area contributed by atoms with E-state index in [1.165, 1.54) is 40.3 Å². The van der Waals surface area contributed by atoms with Gasteiger partial charge in [-0.25, -0.2) is 13.8 Å². The highest BCUT2D eigenvalue weighted by molar-refractivity contribution is 7.12. The molecular formula is C20H13ClF2N4OS. The minimum atomic E-state index is -0.395. The summed E-state index contributed by atoms with van der Waals surface area (Å²) >= 11 is 6.92. The Balaban J connectivity index is 1.74. The lowest BCUT2D eigenvalue weighted by molar-refractivity contribution is -0.114. The van der Waals surface area contributed by atoms with Gasteiger partial charge in [0, 0.05) is 22.6 Å². The number of carbonyl (C=O) groups is 1. The normalized spacial score (nSPS) is 10.9. The highest BCUT2D eigenvalue weighted by Gasteiger charge is 2.16. The fourth-order valence-electron chi connectivity index (χ4n) is 2.67. The average Bonchev–Trinajstić information content (AvgIpc) is 3.36. The SMILES string of the molecule is O=C(CCl)Nc1cc(-c2ccc(F)cc2)nn1-c1nc(-c2ccc(F)cc2)cs1. The number of hydrogen-bond acceptors (Lipinski definition) is 4. The molecule has 0 saturated carbocycles. The van der Waals surface area contributed by atoms with Gasteiger partial charge in [0.2, 0.25) is 11.0 Å². The second-order valence-corrected chi connectivity index (χ2v) is 7.14. The van der Waals surface area contributed by atoms with Gasteiger partial charge in [-0.1, -0.05) is 0 Å². The molecule has 0 unspecified atom stereocenters. The Morgan fingerprint density at radius 1 is 1.00 bits per heavy atom. The third-order valence-electron chi connectivity index (χ3n) is 4.05. The van der Waals surface area contributed by atoms with Gasteiger partial charge in [-0.3, -0.25) is 4.79 Å². The summed E-state index contributed by atoms with van der Waals surface area (Å²) in [6, 6.07) is 13.5. The van der Waals surface area contributed by atoms with Crippen LogP contribution in [0.5, 0.6) is 0 Å². The van der Waals surface area contributed by atoms with E-state index in [1.807, 2.05) is 5.38 Å². The van der Waals surface area contributed by atoms with Gasteiger partial charge >= 0.3 is 0 Å². The van der Waals surface area contributed by atoms with Gasteiger partial charge in [0.05, 0.1) is 11.4 Å². The molecular weight excluding hydrogens is 418 g/mol. The predicted molar refractivity (Wildman–Crippen MR) is 109 cm³/mol. The first-order valence-electron chi connectivity index (χ1n) is 8.47. The molecule has 0 aliphatic carbocycles.